The Morgan fingerprint density at radius 1 is 0.955 bits per heavy atom. The summed E-state index contributed by atoms with van der Waals surface area (Å²) < 4.78 is 79.8. The van der Waals surface area contributed by atoms with Gasteiger partial charge < -0.3 is 10.1 Å². The number of halogens is 9. The molecule has 0 radical (unpaired) electrons. The minimum atomic E-state index is -0.883. The Morgan fingerprint density at radius 3 is 1.73 bits per heavy atom. The molecule has 22 heavy (non-hydrogen) atoms. The zero-order valence-electron chi connectivity index (χ0n) is 10.4. The second-order valence-electron chi connectivity index (χ2n) is 1.86. The lowest BCUT2D eigenvalue weighted by Crippen LogP contribution is -2.49. The van der Waals surface area contributed by atoms with Crippen molar-refractivity contribution < 1.29 is 55.3 Å². The number of methoxy groups -OCH3 is 1. The van der Waals surface area contributed by atoms with Crippen LogP contribution in [-0.4, -0.2) is 32.4 Å². The average molecular weight is 359 g/mol. The van der Waals surface area contributed by atoms with E-state index in [2.05, 4.69) is 15.2 Å². The number of hydrogen-bond acceptors (Lipinski definition) is 4. The first-order chi connectivity index (χ1) is 10.7. The Kier molecular flexibility index (Phi) is 61.9. The third-order valence-corrected chi connectivity index (χ3v) is 0.882. The first-order valence-electron chi connectivity index (χ1n) is 3.98. The van der Waals surface area contributed by atoms with Gasteiger partial charge in [0.25, 0.3) is 0 Å². The first-order valence-corrected chi connectivity index (χ1v) is 3.98. The fraction of sp³-hybridized carbons (Fsp3) is 0.400. The number of hydrogen-bond donors (Lipinski definition) is 4. The third-order valence-electron chi connectivity index (χ3n) is 0.882. The second-order valence-corrected chi connectivity index (χ2v) is 1.86. The molecule has 0 aliphatic carbocycles. The number of rotatable bonds is 3. The highest BCUT2D eigenvalue weighted by Crippen LogP contribution is 1.65. The Bertz CT molecular complexity index is 238. The predicted molar refractivity (Wildman–Crippen MR) is 53.7 cm³/mol. The van der Waals surface area contributed by atoms with E-state index in [1.54, 1.807) is 5.43 Å². The number of carbonyl (C=O) groups excluding carboxylic acids is 2. The van der Waals surface area contributed by atoms with Crippen molar-refractivity contribution >= 4 is 18.5 Å². The molecule has 0 aromatic rings. The summed E-state index contributed by atoms with van der Waals surface area (Å²) in [4.78, 5) is 21.3. The van der Waals surface area contributed by atoms with Gasteiger partial charge in [0.1, 0.15) is 6.73 Å². The smallest absolute Gasteiger partial charge is 0.353 e. The highest BCUT2D eigenvalue weighted by molar-refractivity contribution is 5.79. The van der Waals surface area contributed by atoms with Crippen LogP contribution in [0, 0.1) is 0 Å². The summed E-state index contributed by atoms with van der Waals surface area (Å²) >= 11 is 0. The fourth-order valence-corrected chi connectivity index (χ4v) is 0.406. The maximum absolute atomic E-state index is 11.3. The molecule has 4 amide bonds. The van der Waals surface area contributed by atoms with Crippen LogP contribution in [0.3, 0.4) is 0 Å². The van der Waals surface area contributed by atoms with Crippen molar-refractivity contribution in [1.29, 1.82) is 0 Å². The molecule has 0 atom stereocenters. The lowest BCUT2D eigenvalue weighted by molar-refractivity contribution is 0.108. The molecule has 17 heteroatoms. The summed E-state index contributed by atoms with van der Waals surface area (Å²) in [6.45, 7) is -0.109. The number of nitrogens with one attached hydrogen (secondary N) is 4. The largest absolute Gasteiger partial charge is 0.364 e. The summed E-state index contributed by atoms with van der Waals surface area (Å²) in [5.41, 5.74) is 5.53. The highest BCUT2D eigenvalue weighted by Gasteiger charge is 2.00. The lowest BCUT2D eigenvalue weighted by atomic mass is 10.9. The van der Waals surface area contributed by atoms with Crippen molar-refractivity contribution in [2.75, 3.05) is 13.8 Å². The summed E-state index contributed by atoms with van der Waals surface area (Å²) in [5, 5.41) is 4.98. The van der Waals surface area contributed by atoms with Crippen LogP contribution in [-0.2, 0) is 4.74 Å². The SMILES string of the molecule is COCNC(=O)NNC(=O)NN=CF.FF.FF.FF.FF. The van der Waals surface area contributed by atoms with Crippen molar-refractivity contribution in [3.05, 3.63) is 0 Å². The number of hydrazine groups is 1. The Labute approximate surface area is 116 Å². The molecule has 0 saturated heterocycles. The minimum Gasteiger partial charge on any atom is -0.364 e. The molecular formula is C5H10F9N5O3. The number of carbonyl (C=O) groups is 2. The van der Waals surface area contributed by atoms with Gasteiger partial charge in [0, 0.05) is 43.7 Å². The van der Waals surface area contributed by atoms with Gasteiger partial charge in [-0.2, -0.15) is 4.39 Å². The molecule has 0 fully saturated rings. The second kappa shape index (κ2) is 42.8. The van der Waals surface area contributed by atoms with Crippen LogP contribution >= 0.6 is 0 Å². The van der Waals surface area contributed by atoms with Gasteiger partial charge in [0.2, 0.25) is 0 Å². The van der Waals surface area contributed by atoms with Crippen LogP contribution in [0.25, 0.3) is 0 Å². The van der Waals surface area contributed by atoms with Crippen LogP contribution < -0.4 is 21.6 Å². The molecule has 0 aliphatic heterocycles. The maximum Gasteiger partial charge on any atom is 0.353 e. The van der Waals surface area contributed by atoms with E-state index in [0.29, 0.717) is 0 Å². The van der Waals surface area contributed by atoms with Crippen molar-refractivity contribution in [1.82, 2.24) is 21.6 Å². The molecule has 0 unspecified atom stereocenters. The maximum atomic E-state index is 11.3. The Balaban J connectivity index is -0.000000103. The Hall–Kier alpha value is -2.46. The monoisotopic (exact) mass is 359 g/mol. The van der Waals surface area contributed by atoms with Crippen molar-refractivity contribution in [2.24, 2.45) is 5.10 Å². The zero-order valence-corrected chi connectivity index (χ0v) is 10.4. The number of amides is 4. The van der Waals surface area contributed by atoms with Gasteiger partial charge in [-0.1, -0.05) is 0 Å². The minimum absolute atomic E-state index is 0.00222. The molecular weight excluding hydrogens is 349 g/mol. The average Bonchev–Trinajstić information content (AvgIpc) is 2.63. The van der Waals surface area contributed by atoms with Gasteiger partial charge in [0.15, 0.2) is 6.47 Å². The van der Waals surface area contributed by atoms with Crippen LogP contribution in [0.2, 0.25) is 0 Å². The number of urea groups is 2. The van der Waals surface area contributed by atoms with Gasteiger partial charge in [-0.15, -0.1) is 5.10 Å². The number of ether oxygens (including phenoxy) is 1. The summed E-state index contributed by atoms with van der Waals surface area (Å²) in [6, 6.07) is -1.56. The lowest BCUT2D eigenvalue weighted by Gasteiger charge is -2.06. The fourth-order valence-electron chi connectivity index (χ4n) is 0.406. The van der Waals surface area contributed by atoms with E-state index in [0.717, 1.165) is 0 Å². The summed E-state index contributed by atoms with van der Waals surface area (Å²) in [5.74, 6) is 0. The van der Waals surface area contributed by atoms with Crippen molar-refractivity contribution in [2.45, 2.75) is 0 Å². The van der Waals surface area contributed by atoms with E-state index < -0.39 is 12.1 Å². The van der Waals surface area contributed by atoms with Crippen LogP contribution in [0.5, 0.6) is 0 Å². The van der Waals surface area contributed by atoms with Gasteiger partial charge in [-0.05, 0) is 0 Å². The van der Waals surface area contributed by atoms with Crippen LogP contribution in [0.4, 0.5) is 50.6 Å². The molecule has 0 heterocycles. The molecule has 136 valence electrons. The zero-order chi connectivity index (χ0) is 18.8. The van der Waals surface area contributed by atoms with Crippen molar-refractivity contribution in [3.63, 3.8) is 0 Å². The van der Waals surface area contributed by atoms with E-state index in [9.17, 15) is 14.0 Å². The van der Waals surface area contributed by atoms with Gasteiger partial charge in [-0.3, -0.25) is 0 Å². The first kappa shape index (κ1) is 31.8. The molecule has 8 nitrogen and oxygen atoms in total. The summed E-state index contributed by atoms with van der Waals surface area (Å²) in [7, 11) is 1.39. The molecule has 0 aliphatic rings. The third kappa shape index (κ3) is 43.2. The normalized spacial score (nSPS) is 7.18. The number of nitrogens with zero attached hydrogens (tertiary/aromatic N) is 1. The van der Waals surface area contributed by atoms with Crippen LogP contribution in [0.1, 0.15) is 0 Å². The topological polar surface area (TPSA) is 104 Å². The molecule has 0 aromatic carbocycles. The highest BCUT2D eigenvalue weighted by atomic mass is 20.0. The van der Waals surface area contributed by atoms with Crippen LogP contribution in [0.15, 0.2) is 5.10 Å². The van der Waals surface area contributed by atoms with E-state index in [-0.39, 0.29) is 13.2 Å². The van der Waals surface area contributed by atoms with E-state index in [4.69, 9.17) is 36.6 Å². The molecule has 0 saturated carbocycles. The van der Waals surface area contributed by atoms with Gasteiger partial charge >= 0.3 is 12.1 Å². The molecule has 0 rings (SSSR count). The van der Waals surface area contributed by atoms with Gasteiger partial charge in [0.05, 0.1) is 0 Å². The van der Waals surface area contributed by atoms with E-state index >= 15 is 0 Å². The summed E-state index contributed by atoms with van der Waals surface area (Å²) in [6.07, 6.45) is 0. The molecule has 4 N–H and O–H groups in total. The standard InChI is InChI=1S/C5H10FN5O3.4F2/c1-14-3-7-4(12)10-11-5(13)9-8-2-6;4*1-2/h2H,3H2,1H3,(H2,7,10,12)(H2,9,11,13);;;;. The quantitative estimate of drug-likeness (QED) is 0.269. The Morgan fingerprint density at radius 2 is 1.36 bits per heavy atom. The van der Waals surface area contributed by atoms with E-state index in [1.807, 2.05) is 10.9 Å². The van der Waals surface area contributed by atoms with Gasteiger partial charge in [-0.25, -0.2) is 25.9 Å². The molecule has 0 bridgehead atoms. The van der Waals surface area contributed by atoms with E-state index in [1.165, 1.54) is 7.11 Å². The predicted octanol–water partition coefficient (Wildman–Crippen LogP) is 2.38. The molecule has 0 spiro atoms. The molecule has 0 aromatic heterocycles. The number of hydrazone groups is 1. The van der Waals surface area contributed by atoms with Crippen molar-refractivity contribution in [3.8, 4) is 0 Å².